The molecule has 2 aliphatic carbocycles. The van der Waals surface area contributed by atoms with Gasteiger partial charge in [-0.1, -0.05) is 81.1 Å². The molecule has 2 fully saturated rings. The molecule has 2 aromatic rings. The maximum absolute atomic E-state index is 7.35. The minimum Gasteiger partial charge on any atom is -0.298 e. The monoisotopic (exact) mass is 513 g/mol. The molecule has 1 unspecified atom stereocenters. The zero-order valence-corrected chi connectivity index (χ0v) is 23.7. The molecule has 2 aromatic carbocycles. The molecule has 4 rings (SSSR count). The van der Waals surface area contributed by atoms with Crippen LogP contribution in [0.5, 0.6) is 0 Å². The van der Waals surface area contributed by atoms with Gasteiger partial charge in [-0.3, -0.25) is 4.90 Å². The van der Waals surface area contributed by atoms with E-state index in [0.29, 0.717) is 12.1 Å². The van der Waals surface area contributed by atoms with Crippen LogP contribution in [0, 0.1) is 0 Å². The van der Waals surface area contributed by atoms with Crippen LogP contribution in [0.4, 0.5) is 0 Å². The van der Waals surface area contributed by atoms with Crippen LogP contribution in [0.2, 0.25) is 0 Å². The summed E-state index contributed by atoms with van der Waals surface area (Å²) in [6.07, 6.45) is 13.8. The molecule has 0 amide bonds. The Morgan fingerprint density at radius 2 is 1.31 bits per heavy atom. The van der Waals surface area contributed by atoms with Crippen LogP contribution in [0.1, 0.15) is 107 Å². The molecule has 0 N–H and O–H groups in total. The van der Waals surface area contributed by atoms with Crippen LogP contribution in [0.3, 0.4) is 0 Å². The van der Waals surface area contributed by atoms with Crippen molar-refractivity contribution in [3.63, 3.8) is 0 Å². The first-order valence-electron chi connectivity index (χ1n) is 14.2. The van der Waals surface area contributed by atoms with Crippen molar-refractivity contribution in [2.45, 2.75) is 120 Å². The molecular formula is C32H45Cl2N. The molecule has 0 bridgehead atoms. The van der Waals surface area contributed by atoms with Crippen molar-refractivity contribution in [3.05, 3.63) is 70.8 Å². The van der Waals surface area contributed by atoms with Gasteiger partial charge in [0.15, 0.2) is 0 Å². The fourth-order valence-corrected chi connectivity index (χ4v) is 7.67. The summed E-state index contributed by atoms with van der Waals surface area (Å²) in [4.78, 5) is 2.32. The molecule has 0 heterocycles. The average molecular weight is 515 g/mol. The van der Waals surface area contributed by atoms with Gasteiger partial charge in [-0.2, -0.15) is 0 Å². The molecule has 1 nitrogen and oxygen atoms in total. The Labute approximate surface area is 224 Å². The highest BCUT2D eigenvalue weighted by Crippen LogP contribution is 2.51. The molecule has 0 aliphatic heterocycles. The zero-order valence-electron chi connectivity index (χ0n) is 22.2. The van der Waals surface area contributed by atoms with Crippen molar-refractivity contribution >= 4 is 23.2 Å². The molecule has 2 saturated carbocycles. The summed E-state index contributed by atoms with van der Waals surface area (Å²) in [5, 5.41) is 0. The predicted molar refractivity (Wildman–Crippen MR) is 153 cm³/mol. The van der Waals surface area contributed by atoms with Gasteiger partial charge in [-0.15, -0.1) is 23.2 Å². The van der Waals surface area contributed by atoms with E-state index in [2.05, 4.69) is 74.2 Å². The SMILES string of the molecule is CCC(CCc1c(C2(Cl)CCCC2)cccc1C1(Cl)CCCC1)N(CCc1ccccc1)C(C)C. The first-order valence-corrected chi connectivity index (χ1v) is 14.9. The number of alkyl halides is 2. The second-order valence-electron chi connectivity index (χ2n) is 11.3. The first kappa shape index (κ1) is 27.0. The highest BCUT2D eigenvalue weighted by molar-refractivity contribution is 6.25. The highest BCUT2D eigenvalue weighted by Gasteiger charge is 2.40. The van der Waals surface area contributed by atoms with Crippen molar-refractivity contribution in [3.8, 4) is 0 Å². The van der Waals surface area contributed by atoms with E-state index in [0.717, 1.165) is 51.5 Å². The smallest absolute Gasteiger partial charge is 0.0697 e. The summed E-state index contributed by atoms with van der Waals surface area (Å²) < 4.78 is 0. The Hall–Kier alpha value is -1.02. The fourth-order valence-electron chi connectivity index (χ4n) is 6.79. The third-order valence-corrected chi connectivity index (χ3v) is 9.93. The summed E-state index contributed by atoms with van der Waals surface area (Å²) >= 11 is 14.7. The van der Waals surface area contributed by atoms with E-state index in [-0.39, 0.29) is 9.75 Å². The van der Waals surface area contributed by atoms with Gasteiger partial charge in [0.05, 0.1) is 9.75 Å². The van der Waals surface area contributed by atoms with Crippen LogP contribution >= 0.6 is 23.2 Å². The Kier molecular flexibility index (Phi) is 9.28. The van der Waals surface area contributed by atoms with Crippen LogP contribution in [-0.2, 0) is 22.6 Å². The van der Waals surface area contributed by atoms with Gasteiger partial charge in [0.2, 0.25) is 0 Å². The van der Waals surface area contributed by atoms with Gasteiger partial charge in [0, 0.05) is 18.6 Å². The van der Waals surface area contributed by atoms with E-state index >= 15 is 0 Å². The van der Waals surface area contributed by atoms with E-state index in [1.165, 1.54) is 54.4 Å². The fraction of sp³-hybridized carbons (Fsp3) is 0.625. The number of nitrogens with zero attached hydrogens (tertiary/aromatic N) is 1. The number of halogens is 2. The molecule has 2 aliphatic rings. The summed E-state index contributed by atoms with van der Waals surface area (Å²) in [5.74, 6) is 0. The van der Waals surface area contributed by atoms with Gasteiger partial charge in [0.1, 0.15) is 0 Å². The third kappa shape index (κ3) is 6.28. The van der Waals surface area contributed by atoms with E-state index in [9.17, 15) is 0 Å². The standard InChI is InChI=1S/C32H45Cl2N/c1-4-27(35(25(2)3)24-19-26-13-6-5-7-14-26)17-18-28-29(31(33)20-8-9-21-31)15-12-16-30(28)32(34)22-10-11-23-32/h5-7,12-16,25,27H,4,8-11,17-24H2,1-3H3. The van der Waals surface area contributed by atoms with Gasteiger partial charge in [-0.05, 0) is 87.5 Å². The normalized spacial score (nSPS) is 20.1. The van der Waals surface area contributed by atoms with Gasteiger partial charge >= 0.3 is 0 Å². The van der Waals surface area contributed by atoms with Gasteiger partial charge in [-0.25, -0.2) is 0 Å². The molecule has 0 spiro atoms. The van der Waals surface area contributed by atoms with Gasteiger partial charge < -0.3 is 0 Å². The Bertz CT molecular complexity index is 886. The van der Waals surface area contributed by atoms with Crippen molar-refractivity contribution < 1.29 is 0 Å². The van der Waals surface area contributed by atoms with E-state index in [1.54, 1.807) is 0 Å². The molecule has 0 radical (unpaired) electrons. The molecule has 3 heteroatoms. The highest BCUT2D eigenvalue weighted by atomic mass is 35.5. The topological polar surface area (TPSA) is 3.24 Å². The lowest BCUT2D eigenvalue weighted by molar-refractivity contribution is 0.142. The summed E-state index contributed by atoms with van der Waals surface area (Å²) in [6, 6.07) is 18.9. The predicted octanol–water partition coefficient (Wildman–Crippen LogP) is 9.37. The van der Waals surface area contributed by atoms with Crippen molar-refractivity contribution in [2.24, 2.45) is 0 Å². The van der Waals surface area contributed by atoms with Crippen LogP contribution < -0.4 is 0 Å². The number of rotatable bonds is 11. The van der Waals surface area contributed by atoms with Crippen molar-refractivity contribution in [2.75, 3.05) is 6.54 Å². The number of hydrogen-bond donors (Lipinski definition) is 0. The van der Waals surface area contributed by atoms with Crippen molar-refractivity contribution in [1.29, 1.82) is 0 Å². The Morgan fingerprint density at radius 3 is 1.80 bits per heavy atom. The second kappa shape index (κ2) is 12.0. The number of benzene rings is 2. The van der Waals surface area contributed by atoms with Crippen LogP contribution in [0.15, 0.2) is 48.5 Å². The maximum atomic E-state index is 7.35. The lowest BCUT2D eigenvalue weighted by atomic mass is 9.81. The minimum absolute atomic E-state index is 0.204. The summed E-state index contributed by atoms with van der Waals surface area (Å²) in [7, 11) is 0. The average Bonchev–Trinajstić information content (AvgIpc) is 3.51. The lowest BCUT2D eigenvalue weighted by Crippen LogP contribution is -2.42. The van der Waals surface area contributed by atoms with E-state index in [4.69, 9.17) is 23.2 Å². The van der Waals surface area contributed by atoms with E-state index in [1.807, 2.05) is 0 Å². The Morgan fingerprint density at radius 1 is 0.771 bits per heavy atom. The summed E-state index contributed by atoms with van der Waals surface area (Å²) in [6.45, 7) is 8.17. The number of hydrogen-bond acceptors (Lipinski definition) is 1. The minimum atomic E-state index is -0.204. The molecular weight excluding hydrogens is 469 g/mol. The molecule has 0 saturated heterocycles. The van der Waals surface area contributed by atoms with Crippen LogP contribution in [0.25, 0.3) is 0 Å². The van der Waals surface area contributed by atoms with Crippen LogP contribution in [-0.4, -0.2) is 23.5 Å². The largest absolute Gasteiger partial charge is 0.298 e. The third-order valence-electron chi connectivity index (χ3n) is 8.77. The van der Waals surface area contributed by atoms with Gasteiger partial charge in [0.25, 0.3) is 0 Å². The van der Waals surface area contributed by atoms with Crippen molar-refractivity contribution in [1.82, 2.24) is 4.90 Å². The molecule has 0 aromatic heterocycles. The maximum Gasteiger partial charge on any atom is 0.0697 e. The molecule has 192 valence electrons. The lowest BCUT2D eigenvalue weighted by Gasteiger charge is -2.36. The summed E-state index contributed by atoms with van der Waals surface area (Å²) in [5.41, 5.74) is 5.68. The Balaban J connectivity index is 1.58. The molecule has 35 heavy (non-hydrogen) atoms. The first-order chi connectivity index (χ1) is 16.9. The quantitative estimate of drug-likeness (QED) is 0.270. The molecule has 1 atom stereocenters. The zero-order chi connectivity index (χ0) is 24.9. The second-order valence-corrected chi connectivity index (χ2v) is 12.8. The van der Waals surface area contributed by atoms with E-state index < -0.39 is 0 Å².